The smallest absolute Gasteiger partial charge is 0.313 e. The van der Waals surface area contributed by atoms with Crippen molar-refractivity contribution in [1.82, 2.24) is 19.6 Å². The number of nitrogens with zero attached hydrogens (tertiary/aromatic N) is 4. The molecule has 7 nitrogen and oxygen atoms in total. The normalized spacial score (nSPS) is 19.2. The van der Waals surface area contributed by atoms with E-state index < -0.39 is 5.41 Å². The molecule has 1 aliphatic heterocycles. The third kappa shape index (κ3) is 4.63. The molecule has 3 heterocycles. The van der Waals surface area contributed by atoms with Crippen LogP contribution in [0.2, 0.25) is 0 Å². The molecule has 1 unspecified atom stereocenters. The predicted octanol–water partition coefficient (Wildman–Crippen LogP) is 4.08. The van der Waals surface area contributed by atoms with E-state index in [1.807, 2.05) is 45.3 Å². The average molecular weight is 437 g/mol. The number of carbonyl (C=O) groups excluding carboxylic acids is 1. The van der Waals surface area contributed by atoms with E-state index in [1.54, 1.807) is 0 Å². The Hall–Kier alpha value is -2.93. The van der Waals surface area contributed by atoms with Gasteiger partial charge in [-0.15, -0.1) is 0 Å². The number of benzene rings is 1. The van der Waals surface area contributed by atoms with Gasteiger partial charge in [0.25, 0.3) is 0 Å². The summed E-state index contributed by atoms with van der Waals surface area (Å²) < 4.78 is 13.3. The molecular weight excluding hydrogens is 404 g/mol. The van der Waals surface area contributed by atoms with Crippen molar-refractivity contribution in [2.75, 3.05) is 19.7 Å². The summed E-state index contributed by atoms with van der Waals surface area (Å²) in [7, 11) is 2.03. The Balaban J connectivity index is 1.56. The molecule has 1 aromatic carbocycles. The van der Waals surface area contributed by atoms with Crippen LogP contribution in [0.25, 0.3) is 11.3 Å². The fraction of sp³-hybridized carbons (Fsp3) is 0.480. The number of esters is 1. The van der Waals surface area contributed by atoms with Gasteiger partial charge in [-0.3, -0.25) is 9.69 Å². The second-order valence-corrected chi connectivity index (χ2v) is 8.89. The summed E-state index contributed by atoms with van der Waals surface area (Å²) in [5.41, 5.74) is 3.49. The summed E-state index contributed by atoms with van der Waals surface area (Å²) in [6, 6.07) is 10.1. The molecular formula is C25H32N4O3. The topological polar surface area (TPSA) is 73.4 Å². The van der Waals surface area contributed by atoms with Gasteiger partial charge in [0.15, 0.2) is 0 Å². The van der Waals surface area contributed by atoms with Crippen LogP contribution in [0, 0.1) is 19.3 Å². The molecule has 170 valence electrons. The van der Waals surface area contributed by atoms with Crippen molar-refractivity contribution in [3.8, 4) is 11.3 Å². The van der Waals surface area contributed by atoms with E-state index in [2.05, 4.69) is 38.7 Å². The first-order valence-electron chi connectivity index (χ1n) is 11.3. The SMILES string of the molecule is CCOC(=O)C1(Cc2cc(-c3ccc(C)cc3)no2)CCCN(Cc2cnc(C)n2C)C1. The Bertz CT molecular complexity index is 1070. The van der Waals surface area contributed by atoms with Crippen molar-refractivity contribution in [1.29, 1.82) is 0 Å². The van der Waals surface area contributed by atoms with Crippen molar-refractivity contribution in [2.24, 2.45) is 12.5 Å². The van der Waals surface area contributed by atoms with Gasteiger partial charge in [-0.2, -0.15) is 0 Å². The summed E-state index contributed by atoms with van der Waals surface area (Å²) in [6.45, 7) is 8.60. The molecule has 1 fully saturated rings. The van der Waals surface area contributed by atoms with E-state index in [-0.39, 0.29) is 5.97 Å². The van der Waals surface area contributed by atoms with Crippen LogP contribution in [0.1, 0.15) is 42.6 Å². The largest absolute Gasteiger partial charge is 0.466 e. The van der Waals surface area contributed by atoms with Crippen molar-refractivity contribution in [2.45, 2.75) is 46.6 Å². The first-order valence-corrected chi connectivity index (χ1v) is 11.3. The zero-order valence-electron chi connectivity index (χ0n) is 19.4. The highest BCUT2D eigenvalue weighted by Gasteiger charge is 2.44. The molecule has 0 radical (unpaired) electrons. The van der Waals surface area contributed by atoms with Crippen LogP contribution in [0.4, 0.5) is 0 Å². The number of aromatic nitrogens is 3. The van der Waals surface area contributed by atoms with Crippen molar-refractivity contribution >= 4 is 5.97 Å². The maximum atomic E-state index is 13.2. The molecule has 0 bridgehead atoms. The number of carbonyl (C=O) groups is 1. The zero-order chi connectivity index (χ0) is 22.7. The van der Waals surface area contributed by atoms with Gasteiger partial charge in [0.05, 0.1) is 17.7 Å². The lowest BCUT2D eigenvalue weighted by Crippen LogP contribution is -2.49. The minimum Gasteiger partial charge on any atom is -0.466 e. The summed E-state index contributed by atoms with van der Waals surface area (Å²) >= 11 is 0. The Morgan fingerprint density at radius 1 is 1.25 bits per heavy atom. The molecule has 32 heavy (non-hydrogen) atoms. The number of hydrogen-bond donors (Lipinski definition) is 0. The summed E-state index contributed by atoms with van der Waals surface area (Å²) in [6.07, 6.45) is 4.09. The second-order valence-electron chi connectivity index (χ2n) is 8.89. The highest BCUT2D eigenvalue weighted by atomic mass is 16.5. The number of rotatable bonds is 7. The highest BCUT2D eigenvalue weighted by molar-refractivity contribution is 5.77. The van der Waals surface area contributed by atoms with Crippen molar-refractivity contribution in [3.05, 3.63) is 59.4 Å². The third-order valence-corrected chi connectivity index (χ3v) is 6.49. The molecule has 0 amide bonds. The molecule has 3 aromatic rings. The van der Waals surface area contributed by atoms with Crippen LogP contribution in [-0.2, 0) is 29.5 Å². The Morgan fingerprint density at radius 2 is 2.03 bits per heavy atom. The van der Waals surface area contributed by atoms with Gasteiger partial charge in [-0.25, -0.2) is 4.98 Å². The van der Waals surface area contributed by atoms with Gasteiger partial charge in [0, 0.05) is 44.4 Å². The highest BCUT2D eigenvalue weighted by Crippen LogP contribution is 2.36. The number of aryl methyl sites for hydroxylation is 2. The molecule has 1 saturated heterocycles. The lowest BCUT2D eigenvalue weighted by atomic mass is 9.76. The molecule has 0 aliphatic carbocycles. The van der Waals surface area contributed by atoms with Crippen LogP contribution >= 0.6 is 0 Å². The minimum atomic E-state index is -0.647. The fourth-order valence-electron chi connectivity index (χ4n) is 4.54. The maximum Gasteiger partial charge on any atom is 0.313 e. The Kier molecular flexibility index (Phi) is 6.46. The van der Waals surface area contributed by atoms with Gasteiger partial charge in [0.2, 0.25) is 0 Å². The van der Waals surface area contributed by atoms with Crippen LogP contribution in [-0.4, -0.2) is 45.3 Å². The van der Waals surface area contributed by atoms with E-state index in [0.29, 0.717) is 25.3 Å². The summed E-state index contributed by atoms with van der Waals surface area (Å²) in [4.78, 5) is 19.9. The lowest BCUT2D eigenvalue weighted by molar-refractivity contribution is -0.159. The maximum absolute atomic E-state index is 13.2. The molecule has 2 aromatic heterocycles. The molecule has 1 atom stereocenters. The molecule has 0 spiro atoms. The Morgan fingerprint density at radius 3 is 2.72 bits per heavy atom. The van der Waals surface area contributed by atoms with Gasteiger partial charge in [-0.05, 0) is 40.2 Å². The monoisotopic (exact) mass is 436 g/mol. The molecule has 0 saturated carbocycles. The van der Waals surface area contributed by atoms with Crippen LogP contribution < -0.4 is 0 Å². The summed E-state index contributed by atoms with van der Waals surface area (Å²) in [5.74, 6) is 1.55. The molecule has 1 aliphatic rings. The first-order chi connectivity index (χ1) is 15.4. The number of imidazole rings is 1. The van der Waals surface area contributed by atoms with Crippen LogP contribution in [0.3, 0.4) is 0 Å². The van der Waals surface area contributed by atoms with Crippen LogP contribution in [0.5, 0.6) is 0 Å². The van der Waals surface area contributed by atoms with Crippen molar-refractivity contribution in [3.63, 3.8) is 0 Å². The standard InChI is InChI=1S/C25H32N4O3/c1-5-31-24(30)25(11-6-12-29(17-25)16-21-15-26-19(3)28(21)4)14-22-13-23(27-32-22)20-9-7-18(2)8-10-20/h7-10,13,15H,5-6,11-12,14,16-17H2,1-4H3. The van der Waals surface area contributed by atoms with E-state index in [0.717, 1.165) is 48.7 Å². The minimum absolute atomic E-state index is 0.154. The molecule has 4 rings (SSSR count). The van der Waals surface area contributed by atoms with Gasteiger partial charge in [0.1, 0.15) is 17.3 Å². The summed E-state index contributed by atoms with van der Waals surface area (Å²) in [5, 5.41) is 4.27. The van der Waals surface area contributed by atoms with E-state index in [4.69, 9.17) is 9.26 Å². The average Bonchev–Trinajstić information content (AvgIpc) is 3.36. The quantitative estimate of drug-likeness (QED) is 0.520. The van der Waals surface area contributed by atoms with E-state index in [9.17, 15) is 4.79 Å². The lowest BCUT2D eigenvalue weighted by Gasteiger charge is -2.40. The van der Waals surface area contributed by atoms with E-state index in [1.165, 1.54) is 5.56 Å². The Labute approximate surface area is 189 Å². The van der Waals surface area contributed by atoms with Crippen LogP contribution in [0.15, 0.2) is 41.1 Å². The first kappa shape index (κ1) is 22.3. The number of ether oxygens (including phenoxy) is 1. The van der Waals surface area contributed by atoms with Gasteiger partial charge in [-0.1, -0.05) is 35.0 Å². The third-order valence-electron chi connectivity index (χ3n) is 6.49. The van der Waals surface area contributed by atoms with Gasteiger partial charge >= 0.3 is 5.97 Å². The van der Waals surface area contributed by atoms with Crippen molar-refractivity contribution < 1.29 is 14.1 Å². The predicted molar refractivity (Wildman–Crippen MR) is 122 cm³/mol. The van der Waals surface area contributed by atoms with E-state index >= 15 is 0 Å². The van der Waals surface area contributed by atoms with Gasteiger partial charge < -0.3 is 13.8 Å². The number of piperidine rings is 1. The second kappa shape index (κ2) is 9.28. The number of likely N-dealkylation sites (tertiary alicyclic amines) is 1. The number of hydrogen-bond acceptors (Lipinski definition) is 6. The molecule has 0 N–H and O–H groups in total. The molecule has 7 heteroatoms. The zero-order valence-corrected chi connectivity index (χ0v) is 19.4. The fourth-order valence-corrected chi connectivity index (χ4v) is 4.54.